The zero-order valence-corrected chi connectivity index (χ0v) is 15.3. The van der Waals surface area contributed by atoms with Crippen LogP contribution in [0.5, 0.6) is 0 Å². The van der Waals surface area contributed by atoms with Crippen LogP contribution in [-0.2, 0) is 0 Å². The van der Waals surface area contributed by atoms with Crippen LogP contribution in [-0.4, -0.2) is 40.3 Å². The Kier molecular flexibility index (Phi) is 4.71. The van der Waals surface area contributed by atoms with E-state index >= 15 is 0 Å². The standard InChI is InChI=1S/C14H14BrF3IN3/c15-13-5-10-11(19)8-22(12(10)6-20-13)9-1-3-21(7-9)4-2-14(16,17)18/h5-6,8-9H,1-4,7H2/t9-/m0/s1. The Balaban J connectivity index is 1.76. The largest absolute Gasteiger partial charge is 0.390 e. The number of aromatic nitrogens is 2. The fourth-order valence-electron chi connectivity index (χ4n) is 2.91. The van der Waals surface area contributed by atoms with Crippen LogP contribution < -0.4 is 0 Å². The summed E-state index contributed by atoms with van der Waals surface area (Å²) in [5, 5.41) is 1.12. The molecule has 0 aromatic carbocycles. The molecule has 1 atom stereocenters. The van der Waals surface area contributed by atoms with E-state index in [9.17, 15) is 13.2 Å². The van der Waals surface area contributed by atoms with Gasteiger partial charge in [-0.25, -0.2) is 4.98 Å². The first-order chi connectivity index (χ1) is 10.3. The van der Waals surface area contributed by atoms with Crippen molar-refractivity contribution in [1.29, 1.82) is 0 Å². The van der Waals surface area contributed by atoms with Crippen molar-refractivity contribution in [3.05, 3.63) is 26.6 Å². The Morgan fingerprint density at radius 1 is 1.41 bits per heavy atom. The van der Waals surface area contributed by atoms with E-state index in [1.165, 1.54) is 0 Å². The van der Waals surface area contributed by atoms with Crippen molar-refractivity contribution < 1.29 is 13.2 Å². The molecule has 22 heavy (non-hydrogen) atoms. The molecule has 1 fully saturated rings. The van der Waals surface area contributed by atoms with E-state index in [1.807, 2.05) is 17.2 Å². The number of rotatable bonds is 3. The fraction of sp³-hybridized carbons (Fsp3) is 0.500. The average molecular weight is 488 g/mol. The molecule has 0 amide bonds. The van der Waals surface area contributed by atoms with Crippen LogP contribution in [0.25, 0.3) is 10.9 Å². The molecule has 3 nitrogen and oxygen atoms in total. The molecule has 1 aliphatic rings. The van der Waals surface area contributed by atoms with Gasteiger partial charge in [-0.3, -0.25) is 0 Å². The Hall–Kier alpha value is -0.350. The molecule has 1 aliphatic heterocycles. The molecule has 0 saturated carbocycles. The zero-order valence-electron chi connectivity index (χ0n) is 11.6. The first kappa shape index (κ1) is 16.5. The number of likely N-dealkylation sites (tertiary alicyclic amines) is 1. The summed E-state index contributed by atoms with van der Waals surface area (Å²) in [6.07, 6.45) is -0.0625. The van der Waals surface area contributed by atoms with Crippen molar-refractivity contribution in [3.63, 3.8) is 0 Å². The first-order valence-electron chi connectivity index (χ1n) is 6.94. The second-order valence-electron chi connectivity index (χ2n) is 5.52. The summed E-state index contributed by atoms with van der Waals surface area (Å²) in [6.45, 7) is 1.45. The topological polar surface area (TPSA) is 21.1 Å². The van der Waals surface area contributed by atoms with Gasteiger partial charge in [-0.15, -0.1) is 0 Å². The molecule has 0 N–H and O–H groups in total. The minimum atomic E-state index is -4.08. The molecule has 2 aromatic rings. The van der Waals surface area contributed by atoms with Crippen LogP contribution in [0.15, 0.2) is 23.1 Å². The second-order valence-corrected chi connectivity index (χ2v) is 7.49. The summed E-state index contributed by atoms with van der Waals surface area (Å²) in [7, 11) is 0. The van der Waals surface area contributed by atoms with Crippen molar-refractivity contribution in [2.75, 3.05) is 19.6 Å². The summed E-state index contributed by atoms with van der Waals surface area (Å²) in [5.74, 6) is 0. The predicted molar refractivity (Wildman–Crippen MR) is 90.9 cm³/mol. The number of halogens is 5. The van der Waals surface area contributed by atoms with Gasteiger partial charge in [-0.1, -0.05) is 0 Å². The second kappa shape index (κ2) is 6.27. The zero-order chi connectivity index (χ0) is 15.9. The highest BCUT2D eigenvalue weighted by Crippen LogP contribution is 2.31. The van der Waals surface area contributed by atoms with Crippen LogP contribution in [0.3, 0.4) is 0 Å². The molecule has 0 bridgehead atoms. The van der Waals surface area contributed by atoms with Gasteiger partial charge in [0.1, 0.15) is 4.60 Å². The van der Waals surface area contributed by atoms with E-state index in [2.05, 4.69) is 54.3 Å². The first-order valence-corrected chi connectivity index (χ1v) is 8.81. The molecule has 0 aliphatic carbocycles. The smallest absolute Gasteiger partial charge is 0.341 e. The summed E-state index contributed by atoms with van der Waals surface area (Å²) < 4.78 is 41.1. The van der Waals surface area contributed by atoms with E-state index in [0.29, 0.717) is 13.1 Å². The van der Waals surface area contributed by atoms with Crippen LogP contribution in [0.4, 0.5) is 13.2 Å². The maximum Gasteiger partial charge on any atom is 0.390 e. The van der Waals surface area contributed by atoms with Gasteiger partial charge in [0.2, 0.25) is 0 Å². The molecule has 0 radical (unpaired) electrons. The minimum Gasteiger partial charge on any atom is -0.341 e. The van der Waals surface area contributed by atoms with Gasteiger partial charge < -0.3 is 9.47 Å². The number of hydrogen-bond donors (Lipinski definition) is 0. The Morgan fingerprint density at radius 2 is 2.18 bits per heavy atom. The lowest BCUT2D eigenvalue weighted by Crippen LogP contribution is -2.26. The maximum absolute atomic E-state index is 12.3. The van der Waals surface area contributed by atoms with Gasteiger partial charge in [0.15, 0.2) is 0 Å². The minimum absolute atomic E-state index is 0.0834. The predicted octanol–water partition coefficient (Wildman–Crippen LogP) is 4.60. The summed E-state index contributed by atoms with van der Waals surface area (Å²) in [6, 6.07) is 2.19. The summed E-state index contributed by atoms with van der Waals surface area (Å²) in [4.78, 5) is 6.16. The molecule has 0 spiro atoms. The van der Waals surface area contributed by atoms with Crippen molar-refractivity contribution in [3.8, 4) is 0 Å². The Labute approximate surface area is 148 Å². The number of alkyl halides is 3. The van der Waals surface area contributed by atoms with Crippen molar-refractivity contribution in [1.82, 2.24) is 14.5 Å². The van der Waals surface area contributed by atoms with E-state index in [4.69, 9.17) is 0 Å². The quantitative estimate of drug-likeness (QED) is 0.466. The van der Waals surface area contributed by atoms with Crippen LogP contribution in [0.1, 0.15) is 18.9 Å². The van der Waals surface area contributed by atoms with E-state index < -0.39 is 12.6 Å². The van der Waals surface area contributed by atoms with Crippen molar-refractivity contribution in [2.45, 2.75) is 25.1 Å². The molecule has 0 unspecified atom stereocenters. The highest BCUT2D eigenvalue weighted by Gasteiger charge is 2.31. The number of hydrogen-bond acceptors (Lipinski definition) is 2. The van der Waals surface area contributed by atoms with Crippen LogP contribution >= 0.6 is 38.5 Å². The van der Waals surface area contributed by atoms with Gasteiger partial charge in [-0.2, -0.15) is 13.2 Å². The fourth-order valence-corrected chi connectivity index (χ4v) is 3.97. The molecule has 3 heterocycles. The average Bonchev–Trinajstić information content (AvgIpc) is 3.01. The molecular formula is C14H14BrF3IN3. The lowest BCUT2D eigenvalue weighted by atomic mass is 10.2. The molecule has 2 aromatic heterocycles. The highest BCUT2D eigenvalue weighted by atomic mass is 127. The van der Waals surface area contributed by atoms with Crippen molar-refractivity contribution in [2.24, 2.45) is 0 Å². The lowest BCUT2D eigenvalue weighted by molar-refractivity contribution is -0.137. The third kappa shape index (κ3) is 3.59. The number of fused-ring (bicyclic) bond motifs is 1. The molecule has 8 heteroatoms. The van der Waals surface area contributed by atoms with Gasteiger partial charge in [0.25, 0.3) is 0 Å². The molecule has 1 saturated heterocycles. The van der Waals surface area contributed by atoms with Crippen LogP contribution in [0, 0.1) is 3.57 Å². The molecular weight excluding hydrogens is 474 g/mol. The van der Waals surface area contributed by atoms with Gasteiger partial charge in [0, 0.05) is 40.8 Å². The van der Waals surface area contributed by atoms with E-state index in [1.54, 1.807) is 0 Å². The van der Waals surface area contributed by atoms with E-state index in [0.717, 1.165) is 25.5 Å². The normalized spacial score (nSPS) is 20.1. The van der Waals surface area contributed by atoms with Gasteiger partial charge in [0.05, 0.1) is 18.1 Å². The third-order valence-corrected chi connectivity index (χ3v) is 5.28. The van der Waals surface area contributed by atoms with Crippen LogP contribution in [0.2, 0.25) is 0 Å². The lowest BCUT2D eigenvalue weighted by Gasteiger charge is -2.18. The number of pyridine rings is 1. The molecule has 3 rings (SSSR count). The summed E-state index contributed by atoms with van der Waals surface area (Å²) >= 11 is 5.65. The molecule has 120 valence electrons. The monoisotopic (exact) mass is 487 g/mol. The van der Waals surface area contributed by atoms with Gasteiger partial charge in [-0.05, 0) is 51.0 Å². The Morgan fingerprint density at radius 3 is 2.91 bits per heavy atom. The van der Waals surface area contributed by atoms with E-state index in [-0.39, 0.29) is 12.6 Å². The Bertz CT molecular complexity index is 686. The van der Waals surface area contributed by atoms with Crippen molar-refractivity contribution >= 4 is 49.4 Å². The highest BCUT2D eigenvalue weighted by molar-refractivity contribution is 14.1. The third-order valence-electron chi connectivity index (χ3n) is 3.99. The summed E-state index contributed by atoms with van der Waals surface area (Å²) in [5.41, 5.74) is 1.04. The van der Waals surface area contributed by atoms with Gasteiger partial charge >= 0.3 is 6.18 Å². The number of nitrogens with zero attached hydrogens (tertiary/aromatic N) is 3. The SMILES string of the molecule is FC(F)(F)CCN1CC[C@H](n2cc(I)c3cc(Br)ncc32)C1. The maximum atomic E-state index is 12.3.